The zero-order valence-corrected chi connectivity index (χ0v) is 14.2. The Morgan fingerprint density at radius 3 is 2.82 bits per heavy atom. The SMILES string of the molecule is COc1ccc(CCNC(=O)CC(SC)C2CCCN2)cc1. The molecule has 0 spiro atoms. The maximum absolute atomic E-state index is 12.1. The first-order valence-corrected chi connectivity index (χ1v) is 9.17. The van der Waals surface area contributed by atoms with Crippen molar-refractivity contribution in [3.8, 4) is 5.75 Å². The van der Waals surface area contributed by atoms with E-state index >= 15 is 0 Å². The monoisotopic (exact) mass is 322 g/mol. The fourth-order valence-corrected chi connectivity index (χ4v) is 3.69. The van der Waals surface area contributed by atoms with Crippen LogP contribution in [0.2, 0.25) is 0 Å². The number of methoxy groups -OCH3 is 1. The van der Waals surface area contributed by atoms with Crippen LogP contribution in [0.5, 0.6) is 5.75 Å². The minimum Gasteiger partial charge on any atom is -0.497 e. The van der Waals surface area contributed by atoms with Crippen molar-refractivity contribution in [3.63, 3.8) is 0 Å². The Labute approximate surface area is 137 Å². The van der Waals surface area contributed by atoms with Gasteiger partial charge in [-0.05, 0) is 49.8 Å². The highest BCUT2D eigenvalue weighted by Crippen LogP contribution is 2.21. The van der Waals surface area contributed by atoms with Crippen LogP contribution in [0.25, 0.3) is 0 Å². The number of nitrogens with one attached hydrogen (secondary N) is 2. The van der Waals surface area contributed by atoms with Gasteiger partial charge in [0.25, 0.3) is 0 Å². The van der Waals surface area contributed by atoms with Gasteiger partial charge in [0, 0.05) is 24.3 Å². The third-order valence-electron chi connectivity index (χ3n) is 4.13. The lowest BCUT2D eigenvalue weighted by Gasteiger charge is -2.21. The van der Waals surface area contributed by atoms with Crippen molar-refractivity contribution in [2.75, 3.05) is 26.5 Å². The van der Waals surface area contributed by atoms with E-state index in [-0.39, 0.29) is 5.91 Å². The molecule has 122 valence electrons. The molecule has 2 rings (SSSR count). The van der Waals surface area contributed by atoms with Crippen molar-refractivity contribution in [1.82, 2.24) is 10.6 Å². The van der Waals surface area contributed by atoms with Crippen LogP contribution in [-0.4, -0.2) is 43.7 Å². The molecule has 1 aliphatic heterocycles. The lowest BCUT2D eigenvalue weighted by Crippen LogP contribution is -2.37. The summed E-state index contributed by atoms with van der Waals surface area (Å²) in [7, 11) is 1.66. The van der Waals surface area contributed by atoms with Gasteiger partial charge >= 0.3 is 0 Å². The molecule has 1 aromatic carbocycles. The van der Waals surface area contributed by atoms with Crippen LogP contribution in [0.1, 0.15) is 24.8 Å². The fraction of sp³-hybridized carbons (Fsp3) is 0.588. The van der Waals surface area contributed by atoms with Crippen molar-refractivity contribution >= 4 is 17.7 Å². The van der Waals surface area contributed by atoms with E-state index in [1.54, 1.807) is 18.9 Å². The van der Waals surface area contributed by atoms with Crippen molar-refractivity contribution in [2.24, 2.45) is 0 Å². The second-order valence-electron chi connectivity index (χ2n) is 5.63. The van der Waals surface area contributed by atoms with Crippen LogP contribution in [0.15, 0.2) is 24.3 Å². The molecule has 2 N–H and O–H groups in total. The summed E-state index contributed by atoms with van der Waals surface area (Å²) in [5, 5.41) is 6.91. The maximum Gasteiger partial charge on any atom is 0.221 e. The summed E-state index contributed by atoms with van der Waals surface area (Å²) in [6, 6.07) is 8.47. The van der Waals surface area contributed by atoms with Gasteiger partial charge in [0.1, 0.15) is 5.75 Å². The molecule has 1 aliphatic rings. The highest BCUT2D eigenvalue weighted by molar-refractivity contribution is 7.99. The quantitative estimate of drug-likeness (QED) is 0.770. The second-order valence-corrected chi connectivity index (χ2v) is 6.71. The average molecular weight is 322 g/mol. The van der Waals surface area contributed by atoms with Crippen LogP contribution in [-0.2, 0) is 11.2 Å². The molecule has 22 heavy (non-hydrogen) atoms. The number of amides is 1. The van der Waals surface area contributed by atoms with Crippen LogP contribution < -0.4 is 15.4 Å². The number of carbonyl (C=O) groups excluding carboxylic acids is 1. The Balaban J connectivity index is 1.70. The van der Waals surface area contributed by atoms with Crippen molar-refractivity contribution in [1.29, 1.82) is 0 Å². The van der Waals surface area contributed by atoms with E-state index in [1.165, 1.54) is 18.4 Å². The summed E-state index contributed by atoms with van der Waals surface area (Å²) in [5.74, 6) is 1.02. The van der Waals surface area contributed by atoms with Crippen LogP contribution in [0.3, 0.4) is 0 Å². The summed E-state index contributed by atoms with van der Waals surface area (Å²) in [4.78, 5) is 12.1. The zero-order valence-electron chi connectivity index (χ0n) is 13.4. The number of carbonyl (C=O) groups is 1. The van der Waals surface area contributed by atoms with Gasteiger partial charge < -0.3 is 15.4 Å². The highest BCUT2D eigenvalue weighted by atomic mass is 32.2. The Hall–Kier alpha value is -1.20. The minimum atomic E-state index is 0.154. The predicted molar refractivity (Wildman–Crippen MR) is 92.7 cm³/mol. The molecular weight excluding hydrogens is 296 g/mol. The van der Waals surface area contributed by atoms with Gasteiger partial charge in [0.15, 0.2) is 0 Å². The van der Waals surface area contributed by atoms with Gasteiger partial charge in [-0.1, -0.05) is 12.1 Å². The average Bonchev–Trinajstić information content (AvgIpc) is 3.07. The number of thioether (sulfide) groups is 1. The van der Waals surface area contributed by atoms with Crippen molar-refractivity contribution in [3.05, 3.63) is 29.8 Å². The van der Waals surface area contributed by atoms with Crippen molar-refractivity contribution < 1.29 is 9.53 Å². The van der Waals surface area contributed by atoms with Gasteiger partial charge in [-0.3, -0.25) is 4.79 Å². The normalized spacial score (nSPS) is 18.9. The first-order valence-electron chi connectivity index (χ1n) is 7.88. The van der Waals surface area contributed by atoms with E-state index in [0.29, 0.717) is 24.3 Å². The molecule has 0 radical (unpaired) electrons. The molecule has 1 aromatic rings. The van der Waals surface area contributed by atoms with E-state index in [9.17, 15) is 4.79 Å². The van der Waals surface area contributed by atoms with Gasteiger partial charge in [0.2, 0.25) is 5.91 Å². The molecular formula is C17H26N2O2S. The van der Waals surface area contributed by atoms with E-state index in [1.807, 2.05) is 24.3 Å². The first-order chi connectivity index (χ1) is 10.7. The summed E-state index contributed by atoms with van der Waals surface area (Å²) >= 11 is 1.79. The van der Waals surface area contributed by atoms with Crippen molar-refractivity contribution in [2.45, 2.75) is 37.0 Å². The Morgan fingerprint density at radius 1 is 1.45 bits per heavy atom. The predicted octanol–water partition coefficient (Wildman–Crippen LogP) is 2.23. The number of hydrogen-bond acceptors (Lipinski definition) is 4. The molecule has 0 bridgehead atoms. The van der Waals surface area contributed by atoms with E-state index < -0.39 is 0 Å². The topological polar surface area (TPSA) is 50.4 Å². The Kier molecular flexibility index (Phi) is 7.06. The number of rotatable bonds is 8. The minimum absolute atomic E-state index is 0.154. The highest BCUT2D eigenvalue weighted by Gasteiger charge is 2.25. The second kappa shape index (κ2) is 9.06. The molecule has 1 saturated heterocycles. The van der Waals surface area contributed by atoms with Crippen LogP contribution >= 0.6 is 11.8 Å². The standard InChI is InChI=1S/C17H26N2O2S/c1-21-14-7-5-13(6-8-14)9-11-19-17(20)12-16(22-2)15-4-3-10-18-15/h5-8,15-16,18H,3-4,9-12H2,1-2H3,(H,19,20). The number of hydrogen-bond donors (Lipinski definition) is 2. The summed E-state index contributed by atoms with van der Waals surface area (Å²) < 4.78 is 5.14. The number of ether oxygens (including phenoxy) is 1. The van der Waals surface area contributed by atoms with Gasteiger partial charge in [-0.2, -0.15) is 11.8 Å². The summed E-state index contributed by atoms with van der Waals surface area (Å²) in [6.45, 7) is 1.77. The van der Waals surface area contributed by atoms with E-state index in [4.69, 9.17) is 4.74 Å². The first kappa shape index (κ1) is 17.2. The molecule has 1 fully saturated rings. The third-order valence-corrected chi connectivity index (χ3v) is 5.23. The lowest BCUT2D eigenvalue weighted by molar-refractivity contribution is -0.121. The van der Waals surface area contributed by atoms with Gasteiger partial charge in [-0.15, -0.1) is 0 Å². The van der Waals surface area contributed by atoms with Crippen LogP contribution in [0, 0.1) is 0 Å². The van der Waals surface area contributed by atoms with Gasteiger partial charge in [0.05, 0.1) is 7.11 Å². The van der Waals surface area contributed by atoms with Gasteiger partial charge in [-0.25, -0.2) is 0 Å². The largest absolute Gasteiger partial charge is 0.497 e. The Morgan fingerprint density at radius 2 is 2.23 bits per heavy atom. The molecule has 4 nitrogen and oxygen atoms in total. The smallest absolute Gasteiger partial charge is 0.221 e. The summed E-state index contributed by atoms with van der Waals surface area (Å²) in [6.07, 6.45) is 5.95. The maximum atomic E-state index is 12.1. The number of benzene rings is 1. The molecule has 0 aliphatic carbocycles. The van der Waals surface area contributed by atoms with E-state index in [2.05, 4.69) is 16.9 Å². The fourth-order valence-electron chi connectivity index (χ4n) is 2.81. The molecule has 1 heterocycles. The lowest BCUT2D eigenvalue weighted by atomic mass is 10.1. The molecule has 2 atom stereocenters. The molecule has 1 amide bonds. The zero-order chi connectivity index (χ0) is 15.8. The third kappa shape index (κ3) is 5.21. The Bertz CT molecular complexity index is 458. The van der Waals surface area contributed by atoms with E-state index in [0.717, 1.165) is 18.7 Å². The molecule has 0 saturated carbocycles. The molecule has 0 aromatic heterocycles. The molecule has 2 unspecified atom stereocenters. The summed E-state index contributed by atoms with van der Waals surface area (Å²) in [5.41, 5.74) is 1.21. The van der Waals surface area contributed by atoms with Crippen LogP contribution in [0.4, 0.5) is 0 Å². The molecule has 5 heteroatoms.